The number of nitrogens with one attached hydrogen (secondary N) is 2. The van der Waals surface area contributed by atoms with Crippen LogP contribution in [-0.2, 0) is 14.3 Å². The number of hydrogen-bond acceptors (Lipinski definition) is 5. The van der Waals surface area contributed by atoms with Crippen molar-refractivity contribution in [3.8, 4) is 5.75 Å². The molecule has 1 aromatic carbocycles. The Morgan fingerprint density at radius 3 is 2.55 bits per heavy atom. The van der Waals surface area contributed by atoms with Crippen LogP contribution < -0.4 is 15.4 Å². The van der Waals surface area contributed by atoms with Crippen LogP contribution in [0.2, 0.25) is 0 Å². The summed E-state index contributed by atoms with van der Waals surface area (Å²) in [4.78, 5) is 22.7. The lowest BCUT2D eigenvalue weighted by atomic mass is 10.2. The first kappa shape index (κ1) is 15.8. The van der Waals surface area contributed by atoms with E-state index in [1.807, 2.05) is 25.1 Å². The summed E-state index contributed by atoms with van der Waals surface area (Å²) in [5.41, 5.74) is 1.81. The first-order chi connectivity index (χ1) is 9.47. The normalized spacial score (nSPS) is 11.4. The molecule has 0 saturated heterocycles. The van der Waals surface area contributed by atoms with Crippen molar-refractivity contribution >= 4 is 17.6 Å². The van der Waals surface area contributed by atoms with Gasteiger partial charge in [0.25, 0.3) is 0 Å². The maximum Gasteiger partial charge on any atom is 0.330 e. The minimum absolute atomic E-state index is 0.214. The molecule has 0 heterocycles. The second-order valence-corrected chi connectivity index (χ2v) is 4.36. The zero-order valence-electron chi connectivity index (χ0n) is 12.1. The Hall–Kier alpha value is -2.24. The van der Waals surface area contributed by atoms with Gasteiger partial charge in [0.05, 0.1) is 19.9 Å². The largest absolute Gasteiger partial charge is 0.495 e. The van der Waals surface area contributed by atoms with Crippen molar-refractivity contribution in [2.24, 2.45) is 0 Å². The van der Waals surface area contributed by atoms with E-state index in [1.165, 1.54) is 14.0 Å². The van der Waals surface area contributed by atoms with E-state index in [2.05, 4.69) is 15.4 Å². The van der Waals surface area contributed by atoms with E-state index in [0.717, 1.165) is 11.3 Å². The SMILES string of the molecule is COC(=O)C(CNc1cc(C)ccc1OC)NC(C)=O. The Morgan fingerprint density at radius 2 is 2.00 bits per heavy atom. The van der Waals surface area contributed by atoms with Gasteiger partial charge >= 0.3 is 5.97 Å². The third-order valence-electron chi connectivity index (χ3n) is 2.71. The van der Waals surface area contributed by atoms with E-state index in [0.29, 0.717) is 5.75 Å². The van der Waals surface area contributed by atoms with Gasteiger partial charge in [-0.3, -0.25) is 4.79 Å². The summed E-state index contributed by atoms with van der Waals surface area (Å²) in [6.45, 7) is 3.52. The number of aryl methyl sites for hydroxylation is 1. The fraction of sp³-hybridized carbons (Fsp3) is 0.429. The molecular formula is C14H20N2O4. The maximum absolute atomic E-state index is 11.6. The number of carbonyl (C=O) groups excluding carboxylic acids is 2. The Labute approximate surface area is 118 Å². The maximum atomic E-state index is 11.6. The summed E-state index contributed by atoms with van der Waals surface area (Å²) in [6, 6.07) is 4.92. The molecule has 6 nitrogen and oxygen atoms in total. The van der Waals surface area contributed by atoms with Crippen LogP contribution >= 0.6 is 0 Å². The number of anilines is 1. The topological polar surface area (TPSA) is 76.7 Å². The van der Waals surface area contributed by atoms with Crippen molar-refractivity contribution in [2.75, 3.05) is 26.1 Å². The highest BCUT2D eigenvalue weighted by molar-refractivity contribution is 5.83. The van der Waals surface area contributed by atoms with Crippen molar-refractivity contribution in [3.63, 3.8) is 0 Å². The Morgan fingerprint density at radius 1 is 1.30 bits per heavy atom. The van der Waals surface area contributed by atoms with Crippen molar-refractivity contribution < 1.29 is 19.1 Å². The molecular weight excluding hydrogens is 260 g/mol. The van der Waals surface area contributed by atoms with Crippen LogP contribution in [0, 0.1) is 6.92 Å². The van der Waals surface area contributed by atoms with Crippen molar-refractivity contribution in [1.82, 2.24) is 5.32 Å². The number of amides is 1. The van der Waals surface area contributed by atoms with Crippen LogP contribution in [0.1, 0.15) is 12.5 Å². The highest BCUT2D eigenvalue weighted by atomic mass is 16.5. The Balaban J connectivity index is 2.78. The minimum atomic E-state index is -0.747. The van der Waals surface area contributed by atoms with Gasteiger partial charge in [-0.1, -0.05) is 6.07 Å². The number of benzene rings is 1. The van der Waals surface area contributed by atoms with Crippen LogP contribution in [0.25, 0.3) is 0 Å². The summed E-state index contributed by atoms with van der Waals surface area (Å²) in [7, 11) is 2.85. The first-order valence-corrected chi connectivity index (χ1v) is 6.21. The van der Waals surface area contributed by atoms with Gasteiger partial charge in [0.1, 0.15) is 11.8 Å². The molecule has 0 spiro atoms. The van der Waals surface area contributed by atoms with E-state index >= 15 is 0 Å². The molecule has 0 bridgehead atoms. The predicted molar refractivity (Wildman–Crippen MR) is 75.8 cm³/mol. The number of methoxy groups -OCH3 is 2. The number of hydrogen-bond donors (Lipinski definition) is 2. The van der Waals surface area contributed by atoms with Gasteiger partial charge in [-0.25, -0.2) is 4.79 Å². The van der Waals surface area contributed by atoms with Crippen LogP contribution in [0.5, 0.6) is 5.75 Å². The number of esters is 1. The van der Waals surface area contributed by atoms with Gasteiger partial charge < -0.3 is 20.1 Å². The smallest absolute Gasteiger partial charge is 0.330 e. The molecule has 6 heteroatoms. The van der Waals surface area contributed by atoms with E-state index in [4.69, 9.17) is 4.74 Å². The Bertz CT molecular complexity index is 488. The molecule has 1 amide bonds. The summed E-state index contributed by atoms with van der Waals surface area (Å²) in [5.74, 6) is -0.125. The average molecular weight is 280 g/mol. The van der Waals surface area contributed by atoms with Gasteiger partial charge in [0.2, 0.25) is 5.91 Å². The standard InChI is InChI=1S/C14H20N2O4/c1-9-5-6-13(19-3)11(7-9)15-8-12(14(18)20-4)16-10(2)17/h5-7,12,15H,8H2,1-4H3,(H,16,17). The van der Waals surface area contributed by atoms with Crippen molar-refractivity contribution in [3.05, 3.63) is 23.8 Å². The number of rotatable bonds is 6. The molecule has 0 saturated carbocycles. The van der Waals surface area contributed by atoms with Crippen LogP contribution in [0.4, 0.5) is 5.69 Å². The van der Waals surface area contributed by atoms with Gasteiger partial charge in [0, 0.05) is 13.5 Å². The summed E-state index contributed by atoms with van der Waals surface area (Å²) >= 11 is 0. The lowest BCUT2D eigenvalue weighted by Crippen LogP contribution is -2.45. The fourth-order valence-electron chi connectivity index (χ4n) is 1.75. The van der Waals surface area contributed by atoms with Crippen LogP contribution in [0.15, 0.2) is 18.2 Å². The lowest BCUT2D eigenvalue weighted by molar-refractivity contribution is -0.144. The monoisotopic (exact) mass is 280 g/mol. The lowest BCUT2D eigenvalue weighted by Gasteiger charge is -2.18. The van der Waals surface area contributed by atoms with Crippen molar-refractivity contribution in [1.29, 1.82) is 0 Å². The molecule has 0 aliphatic heterocycles. The summed E-state index contributed by atoms with van der Waals surface area (Å²) in [5, 5.41) is 5.62. The van der Waals surface area contributed by atoms with E-state index in [9.17, 15) is 9.59 Å². The highest BCUT2D eigenvalue weighted by Crippen LogP contribution is 2.24. The second kappa shape index (κ2) is 7.37. The minimum Gasteiger partial charge on any atom is -0.495 e. The molecule has 20 heavy (non-hydrogen) atoms. The second-order valence-electron chi connectivity index (χ2n) is 4.36. The quantitative estimate of drug-likeness (QED) is 0.763. The molecule has 1 aromatic rings. The fourth-order valence-corrected chi connectivity index (χ4v) is 1.75. The van der Waals surface area contributed by atoms with Crippen molar-refractivity contribution in [2.45, 2.75) is 19.9 Å². The molecule has 0 aliphatic carbocycles. The van der Waals surface area contributed by atoms with Gasteiger partial charge in [0.15, 0.2) is 0 Å². The summed E-state index contributed by atoms with van der Waals surface area (Å²) < 4.78 is 9.89. The zero-order valence-corrected chi connectivity index (χ0v) is 12.1. The van der Waals surface area contributed by atoms with Gasteiger partial charge in [-0.2, -0.15) is 0 Å². The third kappa shape index (κ3) is 4.46. The Kier molecular flexibility index (Phi) is 5.83. The molecule has 1 atom stereocenters. The van der Waals surface area contributed by atoms with Gasteiger partial charge in [-0.05, 0) is 24.6 Å². The average Bonchev–Trinajstić information content (AvgIpc) is 2.42. The zero-order chi connectivity index (χ0) is 15.1. The number of ether oxygens (including phenoxy) is 2. The molecule has 1 unspecified atom stereocenters. The molecule has 0 aliphatic rings. The molecule has 0 fully saturated rings. The van der Waals surface area contributed by atoms with E-state index < -0.39 is 12.0 Å². The van der Waals surface area contributed by atoms with Gasteiger partial charge in [-0.15, -0.1) is 0 Å². The molecule has 1 rings (SSSR count). The third-order valence-corrected chi connectivity index (χ3v) is 2.71. The van der Waals surface area contributed by atoms with Crippen LogP contribution in [0.3, 0.4) is 0 Å². The van der Waals surface area contributed by atoms with E-state index in [-0.39, 0.29) is 12.5 Å². The predicted octanol–water partition coefficient (Wildman–Crippen LogP) is 1.09. The molecule has 2 N–H and O–H groups in total. The first-order valence-electron chi connectivity index (χ1n) is 6.21. The molecule has 110 valence electrons. The van der Waals surface area contributed by atoms with Crippen LogP contribution in [-0.4, -0.2) is 38.7 Å². The van der Waals surface area contributed by atoms with E-state index in [1.54, 1.807) is 7.11 Å². The number of carbonyl (C=O) groups is 2. The highest BCUT2D eigenvalue weighted by Gasteiger charge is 2.20. The molecule has 0 radical (unpaired) electrons. The molecule has 0 aromatic heterocycles. The summed E-state index contributed by atoms with van der Waals surface area (Å²) in [6.07, 6.45) is 0.